The van der Waals surface area contributed by atoms with Crippen molar-refractivity contribution < 1.29 is 14.3 Å². The Morgan fingerprint density at radius 2 is 2.21 bits per heavy atom. The molecule has 1 aromatic heterocycles. The molecule has 1 aromatic rings. The largest absolute Gasteiger partial charge is 0.462 e. The minimum atomic E-state index is -0.356. The highest BCUT2D eigenvalue weighted by molar-refractivity contribution is 5.94. The van der Waals surface area contributed by atoms with Gasteiger partial charge in [-0.15, -0.1) is 0 Å². The highest BCUT2D eigenvalue weighted by atomic mass is 16.5. The fourth-order valence-corrected chi connectivity index (χ4v) is 1.49. The lowest BCUT2D eigenvalue weighted by molar-refractivity contribution is 0.0527. The van der Waals surface area contributed by atoms with E-state index in [2.05, 4.69) is 15.6 Å². The zero-order valence-electron chi connectivity index (χ0n) is 11.4. The minimum Gasteiger partial charge on any atom is -0.462 e. The molecule has 0 fully saturated rings. The van der Waals surface area contributed by atoms with E-state index < -0.39 is 0 Å². The Morgan fingerprint density at radius 1 is 1.37 bits per heavy atom. The Morgan fingerprint density at radius 3 is 2.95 bits per heavy atom. The summed E-state index contributed by atoms with van der Waals surface area (Å²) in [6, 6.07) is 3.42. The molecule has 0 aliphatic rings. The van der Waals surface area contributed by atoms with Crippen molar-refractivity contribution in [3.63, 3.8) is 0 Å². The van der Waals surface area contributed by atoms with Crippen LogP contribution in [-0.2, 0) is 9.47 Å². The molecular formula is C13H21N3O3. The minimum absolute atomic E-state index is 0.353. The molecule has 0 atom stereocenters. The number of hydrogen-bond acceptors (Lipinski definition) is 6. The molecule has 0 bridgehead atoms. The second-order valence-electron chi connectivity index (χ2n) is 3.79. The molecule has 0 spiro atoms. The van der Waals surface area contributed by atoms with Crippen molar-refractivity contribution in [3.05, 3.63) is 23.9 Å². The third kappa shape index (κ3) is 5.67. The molecule has 6 nitrogen and oxygen atoms in total. The van der Waals surface area contributed by atoms with Gasteiger partial charge in [-0.3, -0.25) is 0 Å². The Labute approximate surface area is 113 Å². The van der Waals surface area contributed by atoms with Gasteiger partial charge in [-0.05, 0) is 19.1 Å². The van der Waals surface area contributed by atoms with Crippen LogP contribution in [0.25, 0.3) is 0 Å². The van der Waals surface area contributed by atoms with Crippen LogP contribution < -0.4 is 10.6 Å². The van der Waals surface area contributed by atoms with E-state index in [-0.39, 0.29) is 5.97 Å². The van der Waals surface area contributed by atoms with Gasteiger partial charge in [0.05, 0.1) is 13.2 Å². The maximum absolute atomic E-state index is 11.7. The zero-order valence-corrected chi connectivity index (χ0v) is 11.4. The molecule has 0 aliphatic heterocycles. The number of ether oxygens (including phenoxy) is 2. The third-order valence-corrected chi connectivity index (χ3v) is 2.38. The number of methoxy groups -OCH3 is 1. The van der Waals surface area contributed by atoms with Crippen molar-refractivity contribution >= 4 is 11.8 Å². The lowest BCUT2D eigenvalue weighted by atomic mass is 10.2. The molecule has 19 heavy (non-hydrogen) atoms. The Kier molecular flexibility index (Phi) is 7.53. The summed E-state index contributed by atoms with van der Waals surface area (Å²) in [6.45, 7) is 5.05. The highest BCUT2D eigenvalue weighted by Gasteiger charge is 2.12. The van der Waals surface area contributed by atoms with E-state index in [0.29, 0.717) is 31.1 Å². The van der Waals surface area contributed by atoms with E-state index >= 15 is 0 Å². The highest BCUT2D eigenvalue weighted by Crippen LogP contribution is 2.12. The molecule has 0 saturated carbocycles. The van der Waals surface area contributed by atoms with E-state index in [1.54, 1.807) is 32.4 Å². The fraction of sp³-hybridized carbons (Fsp3) is 0.538. The second kappa shape index (κ2) is 9.29. The Bertz CT molecular complexity index is 385. The van der Waals surface area contributed by atoms with Crippen LogP contribution in [0.3, 0.4) is 0 Å². The average Bonchev–Trinajstić information content (AvgIpc) is 2.43. The normalized spacial score (nSPS) is 10.2. The molecule has 6 heteroatoms. The van der Waals surface area contributed by atoms with Crippen LogP contribution in [0.2, 0.25) is 0 Å². The predicted molar refractivity (Wildman–Crippen MR) is 73.4 cm³/mol. The molecule has 1 rings (SSSR count). The maximum atomic E-state index is 11.7. The molecule has 0 amide bonds. The second-order valence-corrected chi connectivity index (χ2v) is 3.79. The summed E-state index contributed by atoms with van der Waals surface area (Å²) in [5.41, 5.74) is 0.459. The number of anilines is 1. The van der Waals surface area contributed by atoms with E-state index in [9.17, 15) is 4.79 Å². The first-order valence-electron chi connectivity index (χ1n) is 6.35. The van der Waals surface area contributed by atoms with E-state index in [4.69, 9.17) is 9.47 Å². The van der Waals surface area contributed by atoms with Crippen LogP contribution in [-0.4, -0.2) is 50.9 Å². The zero-order chi connectivity index (χ0) is 13.9. The van der Waals surface area contributed by atoms with Crippen LogP contribution in [0.5, 0.6) is 0 Å². The third-order valence-electron chi connectivity index (χ3n) is 2.38. The SMILES string of the molecule is CCOC(=O)c1cccnc1NCCNCCOC. The molecule has 0 unspecified atom stereocenters. The van der Waals surface area contributed by atoms with Crippen molar-refractivity contribution in [3.8, 4) is 0 Å². The monoisotopic (exact) mass is 267 g/mol. The van der Waals surface area contributed by atoms with E-state index in [1.165, 1.54) is 0 Å². The molecule has 106 valence electrons. The summed E-state index contributed by atoms with van der Waals surface area (Å²) in [6.07, 6.45) is 1.64. The van der Waals surface area contributed by atoms with Crippen molar-refractivity contribution in [2.24, 2.45) is 0 Å². The van der Waals surface area contributed by atoms with E-state index in [0.717, 1.165) is 13.1 Å². The molecule has 0 saturated heterocycles. The number of carbonyl (C=O) groups is 1. The number of aromatic nitrogens is 1. The molecule has 2 N–H and O–H groups in total. The molecular weight excluding hydrogens is 246 g/mol. The number of hydrogen-bond donors (Lipinski definition) is 2. The van der Waals surface area contributed by atoms with Crippen molar-refractivity contribution in [1.82, 2.24) is 10.3 Å². The van der Waals surface area contributed by atoms with Crippen LogP contribution >= 0.6 is 0 Å². The number of nitrogens with one attached hydrogen (secondary N) is 2. The van der Waals surface area contributed by atoms with Crippen molar-refractivity contribution in [1.29, 1.82) is 0 Å². The number of rotatable bonds is 9. The van der Waals surface area contributed by atoms with Crippen LogP contribution in [0.1, 0.15) is 17.3 Å². The van der Waals surface area contributed by atoms with Gasteiger partial charge in [0.15, 0.2) is 0 Å². The van der Waals surface area contributed by atoms with Crippen molar-refractivity contribution in [2.75, 3.05) is 45.3 Å². The van der Waals surface area contributed by atoms with Crippen molar-refractivity contribution in [2.45, 2.75) is 6.92 Å². The van der Waals surface area contributed by atoms with Gasteiger partial charge in [-0.1, -0.05) is 0 Å². The van der Waals surface area contributed by atoms with Crippen LogP contribution in [0.15, 0.2) is 18.3 Å². The van der Waals surface area contributed by atoms with Gasteiger partial charge in [0, 0.05) is 32.9 Å². The summed E-state index contributed by atoms with van der Waals surface area (Å²) >= 11 is 0. The number of pyridine rings is 1. The summed E-state index contributed by atoms with van der Waals surface area (Å²) in [5.74, 6) is 0.194. The van der Waals surface area contributed by atoms with Crippen LogP contribution in [0.4, 0.5) is 5.82 Å². The summed E-state index contributed by atoms with van der Waals surface area (Å²) in [4.78, 5) is 15.9. The first kappa shape index (κ1) is 15.4. The number of nitrogens with zero attached hydrogens (tertiary/aromatic N) is 1. The first-order chi connectivity index (χ1) is 9.29. The number of esters is 1. The maximum Gasteiger partial charge on any atom is 0.341 e. The van der Waals surface area contributed by atoms with Gasteiger partial charge >= 0.3 is 5.97 Å². The van der Waals surface area contributed by atoms with Crippen LogP contribution in [0, 0.1) is 0 Å². The van der Waals surface area contributed by atoms with Gasteiger partial charge in [0.1, 0.15) is 11.4 Å². The molecule has 1 heterocycles. The van der Waals surface area contributed by atoms with Gasteiger partial charge in [-0.2, -0.15) is 0 Å². The molecule has 0 aromatic carbocycles. The molecule has 0 radical (unpaired) electrons. The van der Waals surface area contributed by atoms with Gasteiger partial charge in [0.25, 0.3) is 0 Å². The standard InChI is InChI=1S/C13H21N3O3/c1-3-19-13(17)11-5-4-6-15-12(11)16-8-7-14-9-10-18-2/h4-6,14H,3,7-10H2,1-2H3,(H,15,16). The number of carbonyl (C=O) groups excluding carboxylic acids is 1. The summed E-state index contributed by atoms with van der Waals surface area (Å²) in [5, 5.41) is 6.31. The smallest absolute Gasteiger partial charge is 0.341 e. The topological polar surface area (TPSA) is 72.5 Å². The van der Waals surface area contributed by atoms with Gasteiger partial charge < -0.3 is 20.1 Å². The van der Waals surface area contributed by atoms with Gasteiger partial charge in [-0.25, -0.2) is 9.78 Å². The molecule has 0 aliphatic carbocycles. The quantitative estimate of drug-likeness (QED) is 0.512. The average molecular weight is 267 g/mol. The lowest BCUT2D eigenvalue weighted by Gasteiger charge is -2.10. The Hall–Kier alpha value is -1.66. The van der Waals surface area contributed by atoms with Gasteiger partial charge in [0.2, 0.25) is 0 Å². The Balaban J connectivity index is 2.42. The summed E-state index contributed by atoms with van der Waals surface area (Å²) in [7, 11) is 1.67. The predicted octanol–water partition coefficient (Wildman–Crippen LogP) is 0.906. The summed E-state index contributed by atoms with van der Waals surface area (Å²) < 4.78 is 9.90. The lowest BCUT2D eigenvalue weighted by Crippen LogP contribution is -2.26. The fourth-order valence-electron chi connectivity index (χ4n) is 1.49. The van der Waals surface area contributed by atoms with E-state index in [1.807, 2.05) is 0 Å². The first-order valence-corrected chi connectivity index (χ1v) is 6.35.